The Morgan fingerprint density at radius 3 is 2.55 bits per heavy atom. The minimum atomic E-state index is -1.33. The molecule has 1 spiro atoms. The highest BCUT2D eigenvalue weighted by atomic mass is 35.5. The summed E-state index contributed by atoms with van der Waals surface area (Å²) < 4.78 is 20.8. The van der Waals surface area contributed by atoms with Crippen LogP contribution >= 0.6 is 23.2 Å². The Morgan fingerprint density at radius 1 is 1.10 bits per heavy atom. The van der Waals surface area contributed by atoms with Crippen molar-refractivity contribution in [2.24, 2.45) is 11.8 Å². The van der Waals surface area contributed by atoms with Crippen LogP contribution in [0, 0.1) is 17.7 Å². The van der Waals surface area contributed by atoms with E-state index >= 15 is 4.39 Å². The zero-order valence-electron chi connectivity index (χ0n) is 22.8. The summed E-state index contributed by atoms with van der Waals surface area (Å²) in [5.74, 6) is -2.82. The van der Waals surface area contributed by atoms with Gasteiger partial charge in [0, 0.05) is 47.0 Å². The smallest absolute Gasteiger partial charge is 0.337 e. The van der Waals surface area contributed by atoms with E-state index in [4.69, 9.17) is 27.9 Å². The van der Waals surface area contributed by atoms with E-state index < -0.39 is 29.2 Å². The summed E-state index contributed by atoms with van der Waals surface area (Å²) in [7, 11) is 1.31. The molecule has 4 atom stereocenters. The first-order valence-electron chi connectivity index (χ1n) is 14.1. The largest absolute Gasteiger partial charge is 0.465 e. The first-order chi connectivity index (χ1) is 20.2. The molecule has 2 amide bonds. The number of ether oxygens (including phenoxy) is 1. The fourth-order valence-corrected chi connectivity index (χ4v) is 7.87. The highest BCUT2D eigenvalue weighted by molar-refractivity contribution is 6.31. The molecule has 0 radical (unpaired) electrons. The molecule has 7 nitrogen and oxygen atoms in total. The Kier molecular flexibility index (Phi) is 6.57. The maximum atomic E-state index is 16.0. The van der Waals surface area contributed by atoms with E-state index in [0.29, 0.717) is 46.5 Å². The van der Waals surface area contributed by atoms with E-state index in [0.717, 1.165) is 19.3 Å². The van der Waals surface area contributed by atoms with Crippen LogP contribution in [-0.2, 0) is 19.9 Å². The zero-order valence-corrected chi connectivity index (χ0v) is 24.3. The molecule has 42 heavy (non-hydrogen) atoms. The molecule has 10 heteroatoms. The van der Waals surface area contributed by atoms with Gasteiger partial charge in [-0.15, -0.1) is 0 Å². The minimum absolute atomic E-state index is 0.0629. The van der Waals surface area contributed by atoms with Crippen molar-refractivity contribution >= 4 is 52.4 Å². The average molecular weight is 608 g/mol. The number of nitrogens with zero attached hydrogens (tertiary/aromatic N) is 2. The summed E-state index contributed by atoms with van der Waals surface area (Å²) >= 11 is 12.6. The molecule has 7 rings (SSSR count). The van der Waals surface area contributed by atoms with Gasteiger partial charge in [0.25, 0.3) is 0 Å². The van der Waals surface area contributed by atoms with Gasteiger partial charge in [0.1, 0.15) is 11.4 Å². The molecule has 1 unspecified atom stereocenters. The van der Waals surface area contributed by atoms with Crippen LogP contribution in [0.2, 0.25) is 10.0 Å². The number of likely N-dealkylation sites (tertiary alicyclic amines) is 1. The first-order valence-corrected chi connectivity index (χ1v) is 14.8. The molecule has 1 saturated carbocycles. The number of nitrogens with one attached hydrogen (secondary N) is 1. The fourth-order valence-electron chi connectivity index (χ4n) is 7.52. The van der Waals surface area contributed by atoms with Crippen LogP contribution in [0.5, 0.6) is 0 Å². The van der Waals surface area contributed by atoms with Crippen LogP contribution in [0.25, 0.3) is 0 Å². The van der Waals surface area contributed by atoms with Crippen molar-refractivity contribution in [2.45, 2.75) is 36.8 Å². The monoisotopic (exact) mass is 607 g/mol. The molecule has 1 aliphatic carbocycles. The lowest BCUT2D eigenvalue weighted by atomic mass is 9.71. The number of hydrogen-bond donors (Lipinski definition) is 1. The third kappa shape index (κ3) is 3.85. The molecule has 4 aliphatic rings. The second kappa shape index (κ2) is 10.1. The van der Waals surface area contributed by atoms with Gasteiger partial charge in [-0.25, -0.2) is 9.18 Å². The van der Waals surface area contributed by atoms with Crippen LogP contribution in [0.15, 0.2) is 60.7 Å². The van der Waals surface area contributed by atoms with Gasteiger partial charge in [-0.3, -0.25) is 14.5 Å². The predicted molar refractivity (Wildman–Crippen MR) is 157 cm³/mol. The summed E-state index contributed by atoms with van der Waals surface area (Å²) in [6.07, 6.45) is 3.17. The minimum Gasteiger partial charge on any atom is -0.465 e. The number of carbonyl (C=O) groups is 3. The van der Waals surface area contributed by atoms with E-state index in [-0.39, 0.29) is 28.4 Å². The molecule has 1 N–H and O–H groups in total. The molecule has 3 heterocycles. The molecular weight excluding hydrogens is 580 g/mol. The number of fused-ring (bicyclic) bond motifs is 3. The van der Waals surface area contributed by atoms with E-state index in [1.807, 2.05) is 6.07 Å². The normalized spacial score (nSPS) is 26.8. The number of benzene rings is 3. The van der Waals surface area contributed by atoms with Gasteiger partial charge >= 0.3 is 5.97 Å². The second-order valence-corrected chi connectivity index (χ2v) is 12.4. The molecule has 0 bridgehead atoms. The maximum absolute atomic E-state index is 16.0. The Bertz CT molecular complexity index is 1630. The molecule has 2 saturated heterocycles. The summed E-state index contributed by atoms with van der Waals surface area (Å²) in [4.78, 5) is 44.7. The van der Waals surface area contributed by atoms with E-state index in [1.54, 1.807) is 53.4 Å². The average Bonchev–Trinajstić information content (AvgIpc) is 3.54. The molecule has 3 aromatic rings. The number of carbonyl (C=O) groups excluding carboxylic acids is 3. The quantitative estimate of drug-likeness (QED) is 0.360. The number of esters is 1. The van der Waals surface area contributed by atoms with Gasteiger partial charge in [0.2, 0.25) is 11.8 Å². The van der Waals surface area contributed by atoms with E-state index in [2.05, 4.69) is 10.2 Å². The summed E-state index contributed by atoms with van der Waals surface area (Å²) in [6.45, 7) is 0.905. The van der Waals surface area contributed by atoms with E-state index in [1.165, 1.54) is 13.2 Å². The van der Waals surface area contributed by atoms with Gasteiger partial charge in [-0.1, -0.05) is 47.8 Å². The van der Waals surface area contributed by atoms with Crippen molar-refractivity contribution in [3.05, 3.63) is 93.2 Å². The molecule has 3 fully saturated rings. The van der Waals surface area contributed by atoms with Gasteiger partial charge in [0.05, 0.1) is 23.6 Å². The van der Waals surface area contributed by atoms with Crippen molar-refractivity contribution < 1.29 is 23.5 Å². The fraction of sp³-hybridized carbons (Fsp3) is 0.344. The lowest BCUT2D eigenvalue weighted by Crippen LogP contribution is -2.55. The molecule has 3 aromatic carbocycles. The first kappa shape index (κ1) is 27.4. The lowest BCUT2D eigenvalue weighted by molar-refractivity contribution is -0.128. The predicted octanol–water partition coefficient (Wildman–Crippen LogP) is 6.00. The number of anilines is 2. The molecule has 216 valence electrons. The Morgan fingerprint density at radius 2 is 1.86 bits per heavy atom. The highest BCUT2D eigenvalue weighted by Crippen LogP contribution is 2.62. The number of rotatable bonds is 5. The van der Waals surface area contributed by atoms with Crippen molar-refractivity contribution in [1.82, 2.24) is 4.90 Å². The van der Waals surface area contributed by atoms with Crippen molar-refractivity contribution in [2.75, 3.05) is 30.4 Å². The number of amides is 2. The highest BCUT2D eigenvalue weighted by Gasteiger charge is 2.71. The second-order valence-electron chi connectivity index (χ2n) is 11.6. The summed E-state index contributed by atoms with van der Waals surface area (Å²) in [5.41, 5.74) is 1.16. The van der Waals surface area contributed by atoms with Crippen LogP contribution in [-0.4, -0.2) is 48.9 Å². The molecular formula is C32H28Cl2FN3O4. The van der Waals surface area contributed by atoms with Crippen LogP contribution in [0.1, 0.15) is 46.7 Å². The van der Waals surface area contributed by atoms with Crippen molar-refractivity contribution in [1.29, 1.82) is 0 Å². The third-order valence-corrected chi connectivity index (χ3v) is 10.1. The zero-order chi connectivity index (χ0) is 29.3. The SMILES string of the molecule is COC(=O)c1ccc(N2C[C@@H]3[C@H](C2=O)C(c2cccc(Cl)c2F)[C@@]2(C(=O)Nc4cc(Cl)ccc42)N3CC2CCC2)cc1. The Labute approximate surface area is 252 Å². The number of hydrogen-bond acceptors (Lipinski definition) is 5. The van der Waals surface area contributed by atoms with Crippen LogP contribution in [0.4, 0.5) is 15.8 Å². The van der Waals surface area contributed by atoms with Gasteiger partial charge in [0.15, 0.2) is 0 Å². The lowest BCUT2D eigenvalue weighted by Gasteiger charge is -2.43. The third-order valence-electron chi connectivity index (χ3n) is 9.58. The number of methoxy groups -OCH3 is 1. The Balaban J connectivity index is 1.41. The van der Waals surface area contributed by atoms with Gasteiger partial charge in [-0.2, -0.15) is 0 Å². The molecule has 0 aromatic heterocycles. The number of halogens is 3. The van der Waals surface area contributed by atoms with Crippen LogP contribution in [0.3, 0.4) is 0 Å². The van der Waals surface area contributed by atoms with Crippen molar-refractivity contribution in [3.8, 4) is 0 Å². The standard InChI is InChI=1S/C32H28Cl2FN3O4/c1-42-30(40)18-8-11-20(12-9-18)37-16-25-26(29(37)39)27(21-6-3-7-23(34)28(21)35)32(38(25)15-17-4-2-5-17)22-13-10-19(33)14-24(22)36-31(32)41/h3,6-14,17,25-27H,2,4-5,15-16H2,1H3,(H,36,41)/t25-,26+,27?,32+/m1/s1. The topological polar surface area (TPSA) is 78.9 Å². The van der Waals surface area contributed by atoms with Crippen molar-refractivity contribution in [3.63, 3.8) is 0 Å². The van der Waals surface area contributed by atoms with Gasteiger partial charge in [-0.05, 0) is 66.8 Å². The summed E-state index contributed by atoms with van der Waals surface area (Å²) in [6, 6.07) is 16.3. The maximum Gasteiger partial charge on any atom is 0.337 e. The molecule has 3 aliphatic heterocycles. The van der Waals surface area contributed by atoms with Crippen LogP contribution < -0.4 is 10.2 Å². The van der Waals surface area contributed by atoms with Gasteiger partial charge < -0.3 is 15.0 Å². The van der Waals surface area contributed by atoms with E-state index in [9.17, 15) is 14.4 Å². The summed E-state index contributed by atoms with van der Waals surface area (Å²) in [5, 5.41) is 3.43. The Hall–Kier alpha value is -3.46.